The van der Waals surface area contributed by atoms with Crippen LogP contribution >= 0.6 is 0 Å². The van der Waals surface area contributed by atoms with E-state index in [-0.39, 0.29) is 24.2 Å². The van der Waals surface area contributed by atoms with Gasteiger partial charge in [0.05, 0.1) is 6.10 Å². The predicted molar refractivity (Wildman–Crippen MR) is 166 cm³/mol. The second-order valence-corrected chi connectivity index (χ2v) is 13.3. The van der Waals surface area contributed by atoms with E-state index in [2.05, 4.69) is 5.32 Å². The molecule has 11 heteroatoms. The van der Waals surface area contributed by atoms with Crippen molar-refractivity contribution in [3.8, 4) is 0 Å². The number of rotatable bonds is 8. The summed E-state index contributed by atoms with van der Waals surface area (Å²) in [6.45, 7) is 9.57. The molecule has 12 atom stereocenters. The van der Waals surface area contributed by atoms with Crippen LogP contribution in [0.2, 0.25) is 0 Å². The zero-order chi connectivity index (χ0) is 33.3. The molecule has 11 nitrogen and oxygen atoms in total. The standard InChI is InChI=1S/C35H47NO10/c1-7-8-15-36-31(38)34(41)43-21(5)28-18(2)16-19(3)35-23(17-25(42-6)33(40)44-28)13-14-24-26(35)27(37)20(4)29(30(24)46-35)45-32(39)22-11-9-10-12-22/h9-11,13-14,16,18,20-21,23-30,37H,7-8,12,15,17H2,1-6H3,(H,36,38)/b19-16+/t18-,20-,21-,23-,24?,25+,26?,27?,28+,29-,30-,35+/m1/s1. The molecule has 2 heterocycles. The number of amides is 1. The van der Waals surface area contributed by atoms with Crippen molar-refractivity contribution in [3.05, 3.63) is 47.6 Å². The monoisotopic (exact) mass is 641 g/mol. The Kier molecular flexibility index (Phi) is 10.2. The van der Waals surface area contributed by atoms with Crippen LogP contribution in [0.3, 0.4) is 0 Å². The van der Waals surface area contributed by atoms with Gasteiger partial charge in [-0.25, -0.2) is 14.4 Å². The summed E-state index contributed by atoms with van der Waals surface area (Å²) in [5.74, 6) is -4.82. The number of carbonyl (C=O) groups excluding carboxylic acids is 4. The SMILES string of the molecule is CCCCNC(=O)C(=O)O[C@H](C)[C@H]1OC(=O)[C@@H](OC)C[C@H]2C=CC3C4C(O)[C@@H](C)[C@@H](OC(=O)C5=CC=CC5)[C@@H]3O[C@]42/C(C)=C/[C@H]1C. The molecule has 2 fully saturated rings. The minimum absolute atomic E-state index is 0.201. The molecule has 1 spiro atoms. The molecular weight excluding hydrogens is 594 g/mol. The van der Waals surface area contributed by atoms with Gasteiger partial charge in [0.15, 0.2) is 6.10 Å². The predicted octanol–water partition coefficient (Wildman–Crippen LogP) is 3.11. The van der Waals surface area contributed by atoms with Crippen LogP contribution in [-0.2, 0) is 42.9 Å². The molecule has 0 aromatic rings. The van der Waals surface area contributed by atoms with Crippen molar-refractivity contribution in [2.75, 3.05) is 13.7 Å². The highest BCUT2D eigenvalue weighted by molar-refractivity contribution is 6.32. The number of esters is 3. The second kappa shape index (κ2) is 13.8. The van der Waals surface area contributed by atoms with Crippen LogP contribution < -0.4 is 5.32 Å². The van der Waals surface area contributed by atoms with Crippen molar-refractivity contribution < 1.29 is 48.0 Å². The van der Waals surface area contributed by atoms with Gasteiger partial charge in [0.25, 0.3) is 0 Å². The summed E-state index contributed by atoms with van der Waals surface area (Å²) in [6, 6.07) is 0. The molecule has 1 amide bonds. The van der Waals surface area contributed by atoms with E-state index in [0.29, 0.717) is 18.5 Å². The average Bonchev–Trinajstić information content (AvgIpc) is 3.63. The number of allylic oxidation sites excluding steroid dienone is 3. The number of unbranched alkanes of at least 4 members (excludes halogenated alkanes) is 1. The van der Waals surface area contributed by atoms with E-state index in [4.69, 9.17) is 23.7 Å². The highest BCUT2D eigenvalue weighted by Crippen LogP contribution is 2.61. The van der Waals surface area contributed by atoms with Crippen LogP contribution in [0.4, 0.5) is 0 Å². The third kappa shape index (κ3) is 6.09. The number of hydrogen-bond acceptors (Lipinski definition) is 10. The van der Waals surface area contributed by atoms with Crippen LogP contribution in [0.15, 0.2) is 47.6 Å². The van der Waals surface area contributed by atoms with Crippen molar-refractivity contribution in [1.29, 1.82) is 0 Å². The molecule has 5 aliphatic rings. The van der Waals surface area contributed by atoms with E-state index in [9.17, 15) is 24.3 Å². The van der Waals surface area contributed by atoms with Crippen molar-refractivity contribution in [2.24, 2.45) is 29.6 Å². The molecular formula is C35H47NO10. The van der Waals surface area contributed by atoms with Gasteiger partial charge in [0.1, 0.15) is 30.0 Å². The minimum Gasteiger partial charge on any atom is -0.456 e. The minimum atomic E-state index is -1.05. The van der Waals surface area contributed by atoms with Crippen molar-refractivity contribution in [2.45, 2.75) is 103 Å². The molecule has 0 aromatic heterocycles. The quantitative estimate of drug-likeness (QED) is 0.133. The number of carbonyl (C=O) groups is 4. The summed E-state index contributed by atoms with van der Waals surface area (Å²) >= 11 is 0. The van der Waals surface area contributed by atoms with Crippen LogP contribution in [-0.4, -0.2) is 84.8 Å². The molecule has 2 N–H and O–H groups in total. The maximum atomic E-state index is 13.6. The molecule has 2 aliphatic heterocycles. The van der Waals surface area contributed by atoms with Crippen LogP contribution in [0.25, 0.3) is 0 Å². The maximum absolute atomic E-state index is 13.6. The Balaban J connectivity index is 1.46. The summed E-state index contributed by atoms with van der Waals surface area (Å²) in [7, 11) is 1.43. The van der Waals surface area contributed by atoms with E-state index < -0.39 is 77.9 Å². The molecule has 0 aromatic carbocycles. The van der Waals surface area contributed by atoms with Gasteiger partial charge < -0.3 is 34.1 Å². The van der Waals surface area contributed by atoms with Gasteiger partial charge >= 0.3 is 23.8 Å². The molecule has 1 saturated carbocycles. The van der Waals surface area contributed by atoms with Crippen LogP contribution in [0.1, 0.15) is 60.3 Å². The van der Waals surface area contributed by atoms with E-state index in [1.54, 1.807) is 13.0 Å². The number of aliphatic hydroxyl groups is 1. The van der Waals surface area contributed by atoms with Gasteiger partial charge in [0, 0.05) is 48.8 Å². The van der Waals surface area contributed by atoms with Gasteiger partial charge in [0.2, 0.25) is 0 Å². The van der Waals surface area contributed by atoms with E-state index in [1.165, 1.54) is 7.11 Å². The van der Waals surface area contributed by atoms with Gasteiger partial charge in [-0.3, -0.25) is 4.79 Å². The Morgan fingerprint density at radius 1 is 1.22 bits per heavy atom. The first-order chi connectivity index (χ1) is 21.9. The highest BCUT2D eigenvalue weighted by Gasteiger charge is 2.69. The maximum Gasteiger partial charge on any atom is 0.397 e. The van der Waals surface area contributed by atoms with E-state index in [1.807, 2.05) is 58.1 Å². The summed E-state index contributed by atoms with van der Waals surface area (Å²) in [4.78, 5) is 51.6. The van der Waals surface area contributed by atoms with Crippen LogP contribution in [0, 0.1) is 29.6 Å². The lowest BCUT2D eigenvalue weighted by Crippen LogP contribution is -2.57. The number of nitrogens with one attached hydrogen (secondary N) is 1. The smallest absolute Gasteiger partial charge is 0.397 e. The third-order valence-corrected chi connectivity index (χ3v) is 10.4. The Hall–Kier alpha value is -3.28. The summed E-state index contributed by atoms with van der Waals surface area (Å²) in [6.07, 6.45) is 8.75. The average molecular weight is 642 g/mol. The second-order valence-electron chi connectivity index (χ2n) is 13.3. The van der Waals surface area contributed by atoms with Gasteiger partial charge in [-0.05, 0) is 38.7 Å². The van der Waals surface area contributed by atoms with Crippen molar-refractivity contribution in [1.82, 2.24) is 5.32 Å². The Labute approximate surface area is 270 Å². The van der Waals surface area contributed by atoms with Crippen molar-refractivity contribution in [3.63, 3.8) is 0 Å². The van der Waals surface area contributed by atoms with Crippen LogP contribution in [0.5, 0.6) is 0 Å². The Morgan fingerprint density at radius 2 is 1.98 bits per heavy atom. The van der Waals surface area contributed by atoms with E-state index in [0.717, 1.165) is 18.4 Å². The molecule has 3 unspecified atom stereocenters. The lowest BCUT2D eigenvalue weighted by Gasteiger charge is -2.49. The number of methoxy groups -OCH3 is 1. The fraction of sp³-hybridized carbons (Fsp3) is 0.657. The normalized spacial score (nSPS) is 39.7. The molecule has 1 saturated heterocycles. The molecule has 3 aliphatic carbocycles. The summed E-state index contributed by atoms with van der Waals surface area (Å²) < 4.78 is 30.2. The number of ether oxygens (including phenoxy) is 5. The van der Waals surface area contributed by atoms with E-state index >= 15 is 0 Å². The lowest BCUT2D eigenvalue weighted by atomic mass is 9.57. The first-order valence-electron chi connectivity index (χ1n) is 16.5. The third-order valence-electron chi connectivity index (χ3n) is 10.4. The fourth-order valence-electron chi connectivity index (χ4n) is 8.02. The number of cyclic esters (lactones) is 1. The topological polar surface area (TPSA) is 147 Å². The van der Waals surface area contributed by atoms with Gasteiger partial charge in [-0.2, -0.15) is 0 Å². The Bertz CT molecular complexity index is 1330. The molecule has 0 radical (unpaired) electrons. The zero-order valence-electron chi connectivity index (χ0n) is 27.5. The molecule has 4 bridgehead atoms. The van der Waals surface area contributed by atoms with Gasteiger partial charge in [-0.1, -0.05) is 63.6 Å². The molecule has 5 rings (SSSR count). The summed E-state index contributed by atoms with van der Waals surface area (Å²) in [5, 5.41) is 14.4. The zero-order valence-corrected chi connectivity index (χ0v) is 27.5. The summed E-state index contributed by atoms with van der Waals surface area (Å²) in [5.41, 5.74) is 0.349. The number of hydrogen-bond donors (Lipinski definition) is 2. The first kappa shape index (κ1) is 34.1. The first-order valence-corrected chi connectivity index (χ1v) is 16.5. The number of aliphatic hydroxyl groups excluding tert-OH is 1. The Morgan fingerprint density at radius 3 is 2.65 bits per heavy atom. The highest BCUT2D eigenvalue weighted by atomic mass is 16.6. The molecule has 46 heavy (non-hydrogen) atoms. The van der Waals surface area contributed by atoms with Gasteiger partial charge in [-0.15, -0.1) is 0 Å². The fourth-order valence-corrected chi connectivity index (χ4v) is 8.02. The largest absolute Gasteiger partial charge is 0.456 e. The molecule has 252 valence electrons. The van der Waals surface area contributed by atoms with Crippen molar-refractivity contribution >= 4 is 23.8 Å². The lowest BCUT2D eigenvalue weighted by molar-refractivity contribution is -0.180.